The van der Waals surface area contributed by atoms with Crippen LogP contribution in [0.25, 0.3) is 0 Å². The molecule has 0 aliphatic carbocycles. The Bertz CT molecular complexity index is 286. The van der Waals surface area contributed by atoms with Crippen molar-refractivity contribution in [3.05, 3.63) is 29.6 Å². The van der Waals surface area contributed by atoms with E-state index in [1.54, 1.807) is 0 Å². The molecule has 1 aromatic rings. The monoisotopic (exact) mass is 178 g/mol. The van der Waals surface area contributed by atoms with Gasteiger partial charge in [0.1, 0.15) is 0 Å². The van der Waals surface area contributed by atoms with Crippen LogP contribution in [0.3, 0.4) is 0 Å². The van der Waals surface area contributed by atoms with Crippen LogP contribution >= 0.6 is 0 Å². The van der Waals surface area contributed by atoms with E-state index >= 15 is 0 Å². The minimum atomic E-state index is 0.00685. The standard InChI is InChI=1S/C11H18N2/c1-8-6-5-7-9(13-8)10(12)11(2,3)4/h5-7,10H,12H2,1-4H3/t10-/m1/s1. The summed E-state index contributed by atoms with van der Waals surface area (Å²) in [7, 11) is 0. The molecule has 0 spiro atoms. The van der Waals surface area contributed by atoms with Crippen LogP contribution < -0.4 is 5.73 Å². The number of hydrogen-bond acceptors (Lipinski definition) is 2. The van der Waals surface area contributed by atoms with Gasteiger partial charge < -0.3 is 5.73 Å². The third kappa shape index (κ3) is 2.52. The Kier molecular flexibility index (Phi) is 2.71. The fourth-order valence-electron chi connectivity index (χ4n) is 1.18. The van der Waals surface area contributed by atoms with E-state index < -0.39 is 0 Å². The van der Waals surface area contributed by atoms with Gasteiger partial charge in [0.05, 0.1) is 11.7 Å². The molecule has 0 aliphatic rings. The molecule has 0 saturated heterocycles. The van der Waals surface area contributed by atoms with Crippen molar-refractivity contribution in [2.24, 2.45) is 11.1 Å². The molecule has 1 heterocycles. The quantitative estimate of drug-likeness (QED) is 0.717. The van der Waals surface area contributed by atoms with Crippen molar-refractivity contribution >= 4 is 0 Å². The smallest absolute Gasteiger partial charge is 0.0579 e. The number of nitrogens with two attached hydrogens (primary N) is 1. The normalized spacial score (nSPS) is 14.2. The molecule has 72 valence electrons. The highest BCUT2D eigenvalue weighted by Crippen LogP contribution is 2.28. The van der Waals surface area contributed by atoms with E-state index in [4.69, 9.17) is 5.73 Å². The van der Waals surface area contributed by atoms with Crippen LogP contribution in [-0.4, -0.2) is 4.98 Å². The molecule has 2 heteroatoms. The summed E-state index contributed by atoms with van der Waals surface area (Å²) < 4.78 is 0. The van der Waals surface area contributed by atoms with Crippen LogP contribution in [0.5, 0.6) is 0 Å². The summed E-state index contributed by atoms with van der Waals surface area (Å²) in [5.41, 5.74) is 8.15. The number of aryl methyl sites for hydroxylation is 1. The zero-order valence-corrected chi connectivity index (χ0v) is 8.83. The van der Waals surface area contributed by atoms with Crippen molar-refractivity contribution in [2.45, 2.75) is 33.7 Å². The molecule has 2 N–H and O–H groups in total. The lowest BCUT2D eigenvalue weighted by Gasteiger charge is -2.26. The molecular formula is C11H18N2. The Morgan fingerprint density at radius 1 is 1.31 bits per heavy atom. The molecule has 1 rings (SSSR count). The lowest BCUT2D eigenvalue weighted by molar-refractivity contribution is 0.321. The molecule has 0 saturated carbocycles. The van der Waals surface area contributed by atoms with E-state index in [0.717, 1.165) is 11.4 Å². The molecule has 1 aromatic heterocycles. The molecular weight excluding hydrogens is 160 g/mol. The second-order valence-corrected chi connectivity index (χ2v) is 4.55. The Morgan fingerprint density at radius 2 is 1.92 bits per heavy atom. The summed E-state index contributed by atoms with van der Waals surface area (Å²) in [4.78, 5) is 4.41. The van der Waals surface area contributed by atoms with Gasteiger partial charge in [0, 0.05) is 5.69 Å². The molecule has 0 amide bonds. The van der Waals surface area contributed by atoms with Gasteiger partial charge in [-0.25, -0.2) is 0 Å². The largest absolute Gasteiger partial charge is 0.322 e. The maximum Gasteiger partial charge on any atom is 0.0579 e. The first-order valence-electron chi connectivity index (χ1n) is 4.60. The topological polar surface area (TPSA) is 38.9 Å². The number of nitrogens with zero attached hydrogens (tertiary/aromatic N) is 1. The Hall–Kier alpha value is -0.890. The first-order valence-corrected chi connectivity index (χ1v) is 4.60. The van der Waals surface area contributed by atoms with Crippen molar-refractivity contribution in [1.29, 1.82) is 0 Å². The van der Waals surface area contributed by atoms with Crippen LogP contribution in [0.2, 0.25) is 0 Å². The lowest BCUT2D eigenvalue weighted by atomic mass is 9.85. The Balaban J connectivity index is 2.96. The summed E-state index contributed by atoms with van der Waals surface area (Å²) in [6.07, 6.45) is 0. The van der Waals surface area contributed by atoms with Crippen LogP contribution in [0.1, 0.15) is 38.2 Å². The molecule has 0 bridgehead atoms. The Labute approximate surface area is 80.2 Å². The zero-order chi connectivity index (χ0) is 10.1. The molecule has 0 aromatic carbocycles. The van der Waals surface area contributed by atoms with E-state index in [0.29, 0.717) is 0 Å². The second kappa shape index (κ2) is 3.46. The average Bonchev–Trinajstić information content (AvgIpc) is 2.01. The predicted octanol–water partition coefficient (Wildman–Crippen LogP) is 2.44. The first kappa shape index (κ1) is 10.2. The van der Waals surface area contributed by atoms with Crippen LogP contribution in [0.4, 0.5) is 0 Å². The van der Waals surface area contributed by atoms with E-state index in [1.807, 2.05) is 25.1 Å². The molecule has 0 aliphatic heterocycles. The van der Waals surface area contributed by atoms with Gasteiger partial charge in [-0.1, -0.05) is 26.8 Å². The lowest BCUT2D eigenvalue weighted by Crippen LogP contribution is -2.27. The van der Waals surface area contributed by atoms with Gasteiger partial charge in [-0.2, -0.15) is 0 Å². The van der Waals surface area contributed by atoms with E-state index in [9.17, 15) is 0 Å². The van der Waals surface area contributed by atoms with Gasteiger partial charge in [-0.3, -0.25) is 4.98 Å². The minimum Gasteiger partial charge on any atom is -0.322 e. The maximum absolute atomic E-state index is 6.08. The van der Waals surface area contributed by atoms with Crippen molar-refractivity contribution in [1.82, 2.24) is 4.98 Å². The van der Waals surface area contributed by atoms with E-state index in [2.05, 4.69) is 25.8 Å². The van der Waals surface area contributed by atoms with Gasteiger partial charge in [-0.15, -0.1) is 0 Å². The fourth-order valence-corrected chi connectivity index (χ4v) is 1.18. The van der Waals surface area contributed by atoms with Gasteiger partial charge in [0.2, 0.25) is 0 Å². The molecule has 13 heavy (non-hydrogen) atoms. The average molecular weight is 178 g/mol. The predicted molar refractivity (Wildman–Crippen MR) is 55.4 cm³/mol. The second-order valence-electron chi connectivity index (χ2n) is 4.55. The summed E-state index contributed by atoms with van der Waals surface area (Å²) in [6.45, 7) is 8.36. The SMILES string of the molecule is Cc1cccc([C@@H](N)C(C)(C)C)n1. The third-order valence-corrected chi connectivity index (χ3v) is 2.16. The number of pyridine rings is 1. The minimum absolute atomic E-state index is 0.00685. The highest BCUT2D eigenvalue weighted by molar-refractivity contribution is 5.14. The van der Waals surface area contributed by atoms with Gasteiger partial charge in [-0.05, 0) is 24.5 Å². The molecule has 0 unspecified atom stereocenters. The van der Waals surface area contributed by atoms with E-state index in [1.165, 1.54) is 0 Å². The maximum atomic E-state index is 6.08. The summed E-state index contributed by atoms with van der Waals surface area (Å²) in [5.74, 6) is 0. The van der Waals surface area contributed by atoms with Gasteiger partial charge in [0.25, 0.3) is 0 Å². The summed E-state index contributed by atoms with van der Waals surface area (Å²) >= 11 is 0. The molecule has 1 atom stereocenters. The molecule has 0 fully saturated rings. The van der Waals surface area contributed by atoms with Crippen LogP contribution in [0.15, 0.2) is 18.2 Å². The highest BCUT2D eigenvalue weighted by Gasteiger charge is 2.23. The molecule has 2 nitrogen and oxygen atoms in total. The van der Waals surface area contributed by atoms with Gasteiger partial charge in [0.15, 0.2) is 0 Å². The van der Waals surface area contributed by atoms with Crippen LogP contribution in [0, 0.1) is 12.3 Å². The number of hydrogen-bond donors (Lipinski definition) is 1. The number of rotatable bonds is 1. The van der Waals surface area contributed by atoms with Crippen molar-refractivity contribution < 1.29 is 0 Å². The van der Waals surface area contributed by atoms with Crippen LogP contribution in [-0.2, 0) is 0 Å². The van der Waals surface area contributed by atoms with E-state index in [-0.39, 0.29) is 11.5 Å². The highest BCUT2D eigenvalue weighted by atomic mass is 14.8. The summed E-state index contributed by atoms with van der Waals surface area (Å²) in [5, 5.41) is 0. The van der Waals surface area contributed by atoms with Gasteiger partial charge >= 0.3 is 0 Å². The van der Waals surface area contributed by atoms with Crippen molar-refractivity contribution in [2.75, 3.05) is 0 Å². The van der Waals surface area contributed by atoms with Crippen molar-refractivity contribution in [3.63, 3.8) is 0 Å². The molecule has 0 radical (unpaired) electrons. The zero-order valence-electron chi connectivity index (χ0n) is 8.83. The first-order chi connectivity index (χ1) is 5.91. The third-order valence-electron chi connectivity index (χ3n) is 2.16. The summed E-state index contributed by atoms with van der Waals surface area (Å²) in [6, 6.07) is 5.98. The Morgan fingerprint density at radius 3 is 2.38 bits per heavy atom. The number of aromatic nitrogens is 1. The van der Waals surface area contributed by atoms with Crippen molar-refractivity contribution in [3.8, 4) is 0 Å². The fraction of sp³-hybridized carbons (Fsp3) is 0.545.